The first-order chi connectivity index (χ1) is 14.0. The molecule has 152 valence electrons. The third-order valence-electron chi connectivity index (χ3n) is 5.35. The fourth-order valence-electron chi connectivity index (χ4n) is 3.68. The molecule has 0 radical (unpaired) electrons. The molecule has 0 atom stereocenters. The summed E-state index contributed by atoms with van der Waals surface area (Å²) in [6.07, 6.45) is 1.79. The second-order valence-electron chi connectivity index (χ2n) is 7.19. The van der Waals surface area contributed by atoms with Gasteiger partial charge in [-0.1, -0.05) is 62.4 Å². The molecule has 0 unspecified atom stereocenters. The molecule has 2 aromatic carbocycles. The lowest BCUT2D eigenvalue weighted by atomic mass is 10.1. The lowest BCUT2D eigenvalue weighted by molar-refractivity contribution is -0.770. The van der Waals surface area contributed by atoms with Crippen molar-refractivity contribution in [2.45, 2.75) is 19.8 Å². The Hall–Kier alpha value is -2.64. The summed E-state index contributed by atoms with van der Waals surface area (Å²) >= 11 is 3.88. The molecule has 0 spiro atoms. The van der Waals surface area contributed by atoms with E-state index in [9.17, 15) is 14.4 Å². The van der Waals surface area contributed by atoms with E-state index < -0.39 is 0 Å². The Morgan fingerprint density at radius 2 is 1.62 bits per heavy atom. The highest BCUT2D eigenvalue weighted by Crippen LogP contribution is 2.24. The molecular formula is C22H26N3O3S+. The molecule has 1 saturated heterocycles. The van der Waals surface area contributed by atoms with Gasteiger partial charge in [-0.15, -0.1) is 0 Å². The van der Waals surface area contributed by atoms with Crippen LogP contribution in [0.25, 0.3) is 0 Å². The molecule has 3 rings (SSSR count). The number of carbonyl (C=O) groups is 3. The molecule has 1 fully saturated rings. The monoisotopic (exact) mass is 412 g/mol. The van der Waals surface area contributed by atoms with Crippen molar-refractivity contribution in [3.8, 4) is 0 Å². The van der Waals surface area contributed by atoms with Crippen LogP contribution in [0.4, 0.5) is 15.3 Å². The van der Waals surface area contributed by atoms with Crippen LogP contribution >= 0.6 is 12.6 Å². The molecular weight excluding hydrogens is 386 g/mol. The van der Waals surface area contributed by atoms with Crippen LogP contribution < -0.4 is 5.32 Å². The van der Waals surface area contributed by atoms with Gasteiger partial charge in [0, 0.05) is 5.69 Å². The predicted molar refractivity (Wildman–Crippen MR) is 116 cm³/mol. The van der Waals surface area contributed by atoms with Crippen LogP contribution in [0.2, 0.25) is 0 Å². The third-order valence-corrected chi connectivity index (χ3v) is 5.63. The van der Waals surface area contributed by atoms with Gasteiger partial charge in [0.15, 0.2) is 0 Å². The average molecular weight is 413 g/mol. The summed E-state index contributed by atoms with van der Waals surface area (Å²) < 4.78 is -0.373. The van der Waals surface area contributed by atoms with E-state index in [1.165, 1.54) is 0 Å². The van der Waals surface area contributed by atoms with Gasteiger partial charge in [0.1, 0.15) is 13.1 Å². The van der Waals surface area contributed by atoms with Crippen molar-refractivity contribution < 1.29 is 18.9 Å². The number of imide groups is 1. The van der Waals surface area contributed by atoms with Gasteiger partial charge in [-0.25, -0.2) is 9.59 Å². The molecule has 2 aromatic rings. The Bertz CT molecular complexity index is 893. The van der Waals surface area contributed by atoms with Gasteiger partial charge in [-0.05, 0) is 30.2 Å². The SMILES string of the molecule is CCCc1ccccc1NC(=O)[N+]1(C(=O)c2ccccc2)CCN(C(=O)S)CC1. The molecule has 6 nitrogen and oxygen atoms in total. The number of nitrogens with zero attached hydrogens (tertiary/aromatic N) is 2. The zero-order chi connectivity index (χ0) is 20.9. The number of urea groups is 1. The lowest BCUT2D eigenvalue weighted by Gasteiger charge is -2.39. The molecule has 29 heavy (non-hydrogen) atoms. The van der Waals surface area contributed by atoms with Crippen molar-refractivity contribution in [3.63, 3.8) is 0 Å². The highest BCUT2D eigenvalue weighted by Gasteiger charge is 2.48. The zero-order valence-electron chi connectivity index (χ0n) is 16.5. The van der Waals surface area contributed by atoms with Gasteiger partial charge >= 0.3 is 11.9 Å². The van der Waals surface area contributed by atoms with Gasteiger partial charge in [0.25, 0.3) is 5.24 Å². The molecule has 1 N–H and O–H groups in total. The normalized spacial score (nSPS) is 15.6. The van der Waals surface area contributed by atoms with Crippen LogP contribution in [0.15, 0.2) is 54.6 Å². The van der Waals surface area contributed by atoms with E-state index in [0.717, 1.165) is 24.1 Å². The van der Waals surface area contributed by atoms with Crippen LogP contribution in [0.3, 0.4) is 0 Å². The maximum Gasteiger partial charge on any atom is 0.428 e. The van der Waals surface area contributed by atoms with E-state index in [4.69, 9.17) is 0 Å². The molecule has 1 aliphatic heterocycles. The highest BCUT2D eigenvalue weighted by atomic mass is 32.1. The van der Waals surface area contributed by atoms with E-state index >= 15 is 0 Å². The van der Waals surface area contributed by atoms with Crippen molar-refractivity contribution in [2.24, 2.45) is 0 Å². The van der Waals surface area contributed by atoms with E-state index in [1.807, 2.05) is 30.3 Å². The summed E-state index contributed by atoms with van der Waals surface area (Å²) in [5.74, 6) is -0.262. The van der Waals surface area contributed by atoms with E-state index in [2.05, 4.69) is 24.9 Å². The number of carbonyl (C=O) groups excluding carboxylic acids is 3. The molecule has 1 heterocycles. The summed E-state index contributed by atoms with van der Waals surface area (Å²) in [5, 5.41) is 2.65. The number of hydrogen-bond donors (Lipinski definition) is 2. The maximum absolute atomic E-state index is 13.5. The van der Waals surface area contributed by atoms with Crippen molar-refractivity contribution >= 4 is 35.5 Å². The molecule has 7 heteroatoms. The highest BCUT2D eigenvalue weighted by molar-refractivity contribution is 7.96. The van der Waals surface area contributed by atoms with Gasteiger partial charge < -0.3 is 4.90 Å². The fourth-order valence-corrected chi connectivity index (χ4v) is 3.88. The quantitative estimate of drug-likeness (QED) is 0.584. The Kier molecular flexibility index (Phi) is 6.71. The van der Waals surface area contributed by atoms with Crippen molar-refractivity contribution in [3.05, 3.63) is 65.7 Å². The van der Waals surface area contributed by atoms with Gasteiger partial charge in [-0.2, -0.15) is 4.48 Å². The molecule has 0 aliphatic carbocycles. The maximum atomic E-state index is 13.5. The molecule has 0 bridgehead atoms. The van der Waals surface area contributed by atoms with E-state index in [1.54, 1.807) is 29.2 Å². The van der Waals surface area contributed by atoms with Crippen molar-refractivity contribution in [2.75, 3.05) is 31.5 Å². The standard InChI is InChI=1S/C22H25N3O3S/c1-2-8-17-9-6-7-12-19(17)23-21(27)25(15-13-24(14-16-25)22(28)29)20(26)18-10-4-3-5-11-18/h3-7,9-12H,2,8,13-16H2,1H3,(H-,23,27,28,29)/p+1. The minimum atomic E-state index is -0.373. The Labute approximate surface area is 176 Å². The number of amides is 4. The average Bonchev–Trinajstić information content (AvgIpc) is 2.75. The van der Waals surface area contributed by atoms with Crippen LogP contribution in [-0.4, -0.2) is 52.7 Å². The van der Waals surface area contributed by atoms with Crippen LogP contribution in [-0.2, 0) is 6.42 Å². The Balaban J connectivity index is 1.92. The second kappa shape index (κ2) is 9.24. The smallest absolute Gasteiger partial charge is 0.322 e. The Morgan fingerprint density at radius 1 is 1.00 bits per heavy atom. The number of hydrogen-bond acceptors (Lipinski definition) is 3. The lowest BCUT2D eigenvalue weighted by Crippen LogP contribution is -2.66. The Morgan fingerprint density at radius 3 is 2.24 bits per heavy atom. The van der Waals surface area contributed by atoms with Crippen molar-refractivity contribution in [1.29, 1.82) is 0 Å². The topological polar surface area (TPSA) is 66.5 Å². The molecule has 4 amide bonds. The number of rotatable bonds is 4. The second-order valence-corrected chi connectivity index (χ2v) is 7.58. The number of piperazine rings is 1. The van der Waals surface area contributed by atoms with E-state index in [0.29, 0.717) is 18.7 Å². The number of thiol groups is 1. The molecule has 1 aliphatic rings. The summed E-state index contributed by atoms with van der Waals surface area (Å²) in [4.78, 5) is 40.1. The number of para-hydroxylation sites is 1. The largest absolute Gasteiger partial charge is 0.428 e. The predicted octanol–water partition coefficient (Wildman–Crippen LogP) is 4.19. The van der Waals surface area contributed by atoms with E-state index in [-0.39, 0.29) is 34.8 Å². The summed E-state index contributed by atoms with van der Waals surface area (Å²) in [7, 11) is 0. The zero-order valence-corrected chi connectivity index (χ0v) is 17.4. The number of aryl methyl sites for hydroxylation is 1. The first-order valence-corrected chi connectivity index (χ1v) is 10.3. The van der Waals surface area contributed by atoms with Gasteiger partial charge in [0.05, 0.1) is 18.7 Å². The third kappa shape index (κ3) is 4.52. The van der Waals surface area contributed by atoms with Crippen LogP contribution in [0.1, 0.15) is 29.3 Å². The van der Waals surface area contributed by atoms with Crippen LogP contribution in [0.5, 0.6) is 0 Å². The number of anilines is 1. The summed E-state index contributed by atoms with van der Waals surface area (Å²) in [6, 6.07) is 16.1. The van der Waals surface area contributed by atoms with Gasteiger partial charge in [-0.3, -0.25) is 10.1 Å². The number of nitrogens with one attached hydrogen (secondary N) is 1. The van der Waals surface area contributed by atoms with Crippen LogP contribution in [0, 0.1) is 0 Å². The summed E-state index contributed by atoms with van der Waals surface area (Å²) in [5.41, 5.74) is 2.25. The fraction of sp³-hybridized carbons (Fsp3) is 0.318. The number of quaternary nitrogens is 1. The number of benzene rings is 2. The molecule has 0 aromatic heterocycles. The molecule has 0 saturated carbocycles. The minimum Gasteiger partial charge on any atom is -0.322 e. The summed E-state index contributed by atoms with van der Waals surface area (Å²) in [6.45, 7) is 3.10. The first kappa shape index (κ1) is 21.1. The van der Waals surface area contributed by atoms with Gasteiger partial charge in [0.2, 0.25) is 0 Å². The first-order valence-electron chi connectivity index (χ1n) is 9.82. The minimum absolute atomic E-state index is 0.210. The van der Waals surface area contributed by atoms with Crippen molar-refractivity contribution in [1.82, 2.24) is 4.90 Å².